The van der Waals surface area contributed by atoms with Crippen LogP contribution in [0.15, 0.2) is 88.9 Å². The van der Waals surface area contributed by atoms with Crippen LogP contribution in [0.1, 0.15) is 29.2 Å². The Morgan fingerprint density at radius 1 is 1.06 bits per heavy atom. The van der Waals surface area contributed by atoms with Crippen molar-refractivity contribution in [3.63, 3.8) is 0 Å². The van der Waals surface area contributed by atoms with Gasteiger partial charge in [-0.25, -0.2) is 5.01 Å². The number of nitrogens with zero attached hydrogens (tertiary/aromatic N) is 2. The Hall–Kier alpha value is -3.22. The first kappa shape index (κ1) is 19.5. The molecule has 2 unspecified atom stereocenters. The molecule has 3 aromatic carbocycles. The molecule has 5 nitrogen and oxygen atoms in total. The average Bonchev–Trinajstić information content (AvgIpc) is 3.39. The van der Waals surface area contributed by atoms with Gasteiger partial charge in [-0.1, -0.05) is 72.3 Å². The number of halogens is 1. The van der Waals surface area contributed by atoms with Crippen molar-refractivity contribution in [2.75, 3.05) is 0 Å². The SMILES string of the molecule is O=C1NC2(Oc3ccccc3C3CC(c4ccccc4)=NN32)SC1=Cc1ccc(Cl)cc1. The normalized spacial score (nSPS) is 24.7. The number of benzene rings is 3. The van der Waals surface area contributed by atoms with Gasteiger partial charge in [-0.2, -0.15) is 5.10 Å². The summed E-state index contributed by atoms with van der Waals surface area (Å²) in [7, 11) is 0. The topological polar surface area (TPSA) is 53.9 Å². The number of amides is 1. The summed E-state index contributed by atoms with van der Waals surface area (Å²) >= 11 is 7.34. The van der Waals surface area contributed by atoms with Crippen molar-refractivity contribution < 1.29 is 9.53 Å². The van der Waals surface area contributed by atoms with Gasteiger partial charge in [0.1, 0.15) is 5.75 Å². The third kappa shape index (κ3) is 3.18. The maximum atomic E-state index is 13.0. The van der Waals surface area contributed by atoms with Gasteiger partial charge in [0.2, 0.25) is 0 Å². The number of carbonyl (C=O) groups excluding carboxylic acids is 1. The van der Waals surface area contributed by atoms with Gasteiger partial charge in [-0.15, -0.1) is 0 Å². The number of hydrazone groups is 1. The van der Waals surface area contributed by atoms with Crippen molar-refractivity contribution in [3.05, 3.63) is 105 Å². The van der Waals surface area contributed by atoms with E-state index in [4.69, 9.17) is 21.4 Å². The standard InChI is InChI=1S/C25H18ClN3O2S/c26-18-12-10-16(11-13-18)14-23-24(30)27-25(32-23)29-21(19-8-4-5-9-22(19)31-25)15-20(28-29)17-6-2-1-3-7-17/h1-14,21H,15H2,(H,27,30). The van der Waals surface area contributed by atoms with Gasteiger partial charge in [0.15, 0.2) is 0 Å². The Bertz CT molecular complexity index is 1280. The Kier molecular flexibility index (Phi) is 4.52. The molecule has 2 atom stereocenters. The summed E-state index contributed by atoms with van der Waals surface area (Å²) in [4.78, 5) is 13.6. The van der Waals surface area contributed by atoms with Gasteiger partial charge in [-0.05, 0) is 47.2 Å². The van der Waals surface area contributed by atoms with Crippen LogP contribution in [0.4, 0.5) is 0 Å². The molecule has 3 aromatic rings. The van der Waals surface area contributed by atoms with Crippen LogP contribution in [0.3, 0.4) is 0 Å². The number of fused-ring (bicyclic) bond motifs is 4. The molecule has 3 aliphatic rings. The summed E-state index contributed by atoms with van der Waals surface area (Å²) in [5.74, 6) is 0.574. The van der Waals surface area contributed by atoms with E-state index in [1.54, 1.807) is 0 Å². The molecule has 1 saturated heterocycles. The number of thioether (sulfide) groups is 1. The van der Waals surface area contributed by atoms with Crippen molar-refractivity contribution in [2.45, 2.75) is 17.6 Å². The molecule has 158 valence electrons. The van der Waals surface area contributed by atoms with E-state index in [2.05, 4.69) is 23.5 Å². The zero-order valence-corrected chi connectivity index (χ0v) is 18.4. The second kappa shape index (κ2) is 7.43. The van der Waals surface area contributed by atoms with Crippen molar-refractivity contribution >= 4 is 41.1 Å². The van der Waals surface area contributed by atoms with Crippen LogP contribution in [0.2, 0.25) is 5.02 Å². The van der Waals surface area contributed by atoms with E-state index in [0.717, 1.165) is 34.6 Å². The quantitative estimate of drug-likeness (QED) is 0.521. The monoisotopic (exact) mass is 459 g/mol. The smallest absolute Gasteiger partial charge is 0.336 e. The van der Waals surface area contributed by atoms with Crippen LogP contribution < -0.4 is 10.1 Å². The predicted octanol–water partition coefficient (Wildman–Crippen LogP) is 5.40. The molecule has 6 rings (SSSR count). The molecule has 0 saturated carbocycles. The summed E-state index contributed by atoms with van der Waals surface area (Å²) in [5.41, 5.74) is 4.01. The van der Waals surface area contributed by atoms with Crippen LogP contribution in [-0.2, 0) is 4.79 Å². The van der Waals surface area contributed by atoms with E-state index in [-0.39, 0.29) is 11.9 Å². The highest BCUT2D eigenvalue weighted by molar-refractivity contribution is 8.05. The zero-order chi connectivity index (χ0) is 21.7. The fourth-order valence-electron chi connectivity index (χ4n) is 4.26. The molecule has 1 fully saturated rings. The molecule has 32 heavy (non-hydrogen) atoms. The van der Waals surface area contributed by atoms with Crippen LogP contribution in [0, 0.1) is 0 Å². The van der Waals surface area contributed by atoms with E-state index in [1.165, 1.54) is 11.8 Å². The lowest BCUT2D eigenvalue weighted by molar-refractivity contribution is -0.127. The molecular formula is C25H18ClN3O2S. The number of ether oxygens (including phenoxy) is 1. The van der Waals surface area contributed by atoms with E-state index in [0.29, 0.717) is 9.93 Å². The van der Waals surface area contributed by atoms with E-state index >= 15 is 0 Å². The summed E-state index contributed by atoms with van der Waals surface area (Å²) in [5, 5.41) is 9.43. The van der Waals surface area contributed by atoms with Crippen molar-refractivity contribution in [2.24, 2.45) is 5.10 Å². The van der Waals surface area contributed by atoms with E-state index < -0.39 is 5.18 Å². The molecule has 1 spiro atoms. The minimum Gasteiger partial charge on any atom is -0.439 e. The molecule has 0 radical (unpaired) electrons. The van der Waals surface area contributed by atoms with Crippen molar-refractivity contribution in [1.29, 1.82) is 0 Å². The molecule has 0 aromatic heterocycles. The summed E-state index contributed by atoms with van der Waals surface area (Å²) in [6, 6.07) is 25.4. The molecule has 3 heterocycles. The van der Waals surface area contributed by atoms with Gasteiger partial charge in [-0.3, -0.25) is 10.1 Å². The maximum absolute atomic E-state index is 13.0. The minimum atomic E-state index is -1.13. The number of carbonyl (C=O) groups is 1. The van der Waals surface area contributed by atoms with Gasteiger partial charge in [0.25, 0.3) is 5.91 Å². The van der Waals surface area contributed by atoms with Crippen molar-refractivity contribution in [3.8, 4) is 5.75 Å². The maximum Gasteiger partial charge on any atom is 0.336 e. The summed E-state index contributed by atoms with van der Waals surface area (Å²) < 4.78 is 6.42. The van der Waals surface area contributed by atoms with Gasteiger partial charge < -0.3 is 4.74 Å². The minimum absolute atomic E-state index is 0.0298. The number of nitrogens with one attached hydrogen (secondary N) is 1. The second-order valence-corrected chi connectivity index (χ2v) is 9.45. The highest BCUT2D eigenvalue weighted by Crippen LogP contribution is 2.53. The molecule has 1 N–H and O–H groups in total. The Balaban J connectivity index is 1.42. The van der Waals surface area contributed by atoms with Crippen LogP contribution in [-0.4, -0.2) is 21.8 Å². The lowest BCUT2D eigenvalue weighted by atomic mass is 9.97. The number of hydrogen-bond acceptors (Lipinski definition) is 5. The Labute approximate surface area is 194 Å². The fraction of sp³-hybridized carbons (Fsp3) is 0.120. The first-order valence-electron chi connectivity index (χ1n) is 10.3. The van der Waals surface area contributed by atoms with Crippen LogP contribution >= 0.6 is 23.4 Å². The molecule has 0 bridgehead atoms. The molecule has 3 aliphatic heterocycles. The third-order valence-corrected chi connectivity index (χ3v) is 7.18. The van der Waals surface area contributed by atoms with Crippen LogP contribution in [0.5, 0.6) is 5.75 Å². The largest absolute Gasteiger partial charge is 0.439 e. The molecule has 0 aliphatic carbocycles. The van der Waals surface area contributed by atoms with Gasteiger partial charge in [0, 0.05) is 17.0 Å². The lowest BCUT2D eigenvalue weighted by Gasteiger charge is -2.43. The number of rotatable bonds is 2. The summed E-state index contributed by atoms with van der Waals surface area (Å²) in [6.45, 7) is 0. The van der Waals surface area contributed by atoms with Gasteiger partial charge in [0.05, 0.1) is 16.7 Å². The highest BCUT2D eigenvalue weighted by Gasteiger charge is 2.57. The first-order valence-corrected chi connectivity index (χ1v) is 11.5. The van der Waals surface area contributed by atoms with E-state index in [1.807, 2.05) is 71.7 Å². The Morgan fingerprint density at radius 3 is 2.62 bits per heavy atom. The molecular weight excluding hydrogens is 442 g/mol. The fourth-order valence-corrected chi connectivity index (χ4v) is 5.55. The summed E-state index contributed by atoms with van der Waals surface area (Å²) in [6.07, 6.45) is 2.58. The second-order valence-electron chi connectivity index (χ2n) is 7.82. The number of hydrogen-bond donors (Lipinski definition) is 1. The van der Waals surface area contributed by atoms with E-state index in [9.17, 15) is 4.79 Å². The lowest BCUT2D eigenvalue weighted by Crippen LogP contribution is -2.58. The zero-order valence-electron chi connectivity index (χ0n) is 16.9. The van der Waals surface area contributed by atoms with Crippen LogP contribution in [0.25, 0.3) is 6.08 Å². The predicted molar refractivity (Wildman–Crippen MR) is 127 cm³/mol. The third-order valence-electron chi connectivity index (χ3n) is 5.76. The Morgan fingerprint density at radius 2 is 1.81 bits per heavy atom. The highest BCUT2D eigenvalue weighted by atomic mass is 35.5. The van der Waals surface area contributed by atoms with Crippen molar-refractivity contribution in [1.82, 2.24) is 10.3 Å². The molecule has 7 heteroatoms. The average molecular weight is 460 g/mol. The van der Waals surface area contributed by atoms with Gasteiger partial charge >= 0.3 is 5.18 Å². The first-order chi connectivity index (χ1) is 15.6. The molecule has 1 amide bonds. The number of para-hydroxylation sites is 1.